The number of nitrogens with one attached hydrogen (secondary N) is 1. The van der Waals surface area contributed by atoms with Crippen molar-refractivity contribution in [2.45, 2.75) is 19.4 Å². The topological polar surface area (TPSA) is 70.6 Å². The molecule has 1 aromatic carbocycles. The zero-order valence-corrected chi connectivity index (χ0v) is 14.2. The van der Waals surface area contributed by atoms with Crippen LogP contribution in [0.2, 0.25) is 0 Å². The van der Waals surface area contributed by atoms with E-state index in [1.54, 1.807) is 20.4 Å². The lowest BCUT2D eigenvalue weighted by molar-refractivity contribution is 0.0944. The van der Waals surface area contributed by atoms with Crippen LogP contribution in [-0.4, -0.2) is 67.3 Å². The number of fused-ring (bicyclic) bond motifs is 1. The molecule has 1 heterocycles. The molecule has 1 aromatic heterocycles. The molecule has 128 valence electrons. The van der Waals surface area contributed by atoms with E-state index in [1.165, 1.54) is 0 Å². The van der Waals surface area contributed by atoms with Crippen LogP contribution in [0.25, 0.3) is 10.9 Å². The van der Waals surface area contributed by atoms with Gasteiger partial charge in [-0.3, -0.25) is 10.00 Å². The molecule has 2 aromatic rings. The number of aromatic nitrogens is 2. The lowest BCUT2D eigenvalue weighted by atomic mass is 9.99. The summed E-state index contributed by atoms with van der Waals surface area (Å²) >= 11 is 0. The molecule has 1 atom stereocenters. The highest BCUT2D eigenvalue weighted by Crippen LogP contribution is 2.25. The second-order valence-electron chi connectivity index (χ2n) is 5.80. The fourth-order valence-electron chi connectivity index (χ4n) is 2.71. The third-order valence-corrected chi connectivity index (χ3v) is 4.13. The van der Waals surface area contributed by atoms with Gasteiger partial charge in [-0.15, -0.1) is 0 Å². The normalized spacial score (nSPS) is 13.1. The van der Waals surface area contributed by atoms with E-state index in [-0.39, 0.29) is 0 Å². The van der Waals surface area contributed by atoms with Crippen LogP contribution in [0.3, 0.4) is 0 Å². The van der Waals surface area contributed by atoms with Crippen LogP contribution >= 0.6 is 0 Å². The number of benzene rings is 1. The quantitative estimate of drug-likeness (QED) is 0.699. The molecular weight excluding hydrogens is 294 g/mol. The Bertz CT molecular complexity index is 592. The van der Waals surface area contributed by atoms with E-state index < -0.39 is 6.10 Å². The molecule has 0 aliphatic rings. The van der Waals surface area contributed by atoms with Crippen LogP contribution in [-0.2, 0) is 9.47 Å². The summed E-state index contributed by atoms with van der Waals surface area (Å²) in [6.07, 6.45) is 1.98. The highest BCUT2D eigenvalue weighted by atomic mass is 16.5. The summed E-state index contributed by atoms with van der Waals surface area (Å²) in [5.74, 6) is 0. The van der Waals surface area contributed by atoms with Crippen molar-refractivity contribution in [2.24, 2.45) is 0 Å². The van der Waals surface area contributed by atoms with E-state index in [2.05, 4.69) is 15.1 Å². The number of aryl methyl sites for hydroxylation is 1. The Morgan fingerprint density at radius 3 is 2.52 bits per heavy atom. The van der Waals surface area contributed by atoms with Crippen molar-refractivity contribution in [2.75, 3.05) is 47.1 Å². The summed E-state index contributed by atoms with van der Waals surface area (Å²) < 4.78 is 10.3. The molecular formula is C17H27N3O3. The first kappa shape index (κ1) is 17.9. The summed E-state index contributed by atoms with van der Waals surface area (Å²) in [5.41, 5.74) is 3.05. The van der Waals surface area contributed by atoms with Crippen LogP contribution < -0.4 is 0 Å². The Hall–Kier alpha value is -1.47. The smallest absolute Gasteiger partial charge is 0.0805 e. The molecule has 2 rings (SSSR count). The molecule has 2 N–H and O–H groups in total. The maximum atomic E-state index is 10.6. The van der Waals surface area contributed by atoms with Crippen LogP contribution in [0.4, 0.5) is 0 Å². The van der Waals surface area contributed by atoms with E-state index in [0.717, 1.165) is 41.7 Å². The summed E-state index contributed by atoms with van der Waals surface area (Å²) in [7, 11) is 3.40. The Morgan fingerprint density at radius 1 is 1.17 bits per heavy atom. The molecule has 0 aliphatic carbocycles. The van der Waals surface area contributed by atoms with E-state index in [0.29, 0.717) is 19.6 Å². The number of aliphatic hydroxyl groups excluding tert-OH is 1. The molecule has 0 fully saturated rings. The van der Waals surface area contributed by atoms with Gasteiger partial charge in [0.2, 0.25) is 0 Å². The Morgan fingerprint density at radius 2 is 1.87 bits per heavy atom. The number of aliphatic hydroxyl groups is 1. The molecule has 0 aliphatic heterocycles. The third kappa shape index (κ3) is 5.00. The Labute approximate surface area is 137 Å². The summed E-state index contributed by atoms with van der Waals surface area (Å²) in [5, 5.41) is 18.6. The average molecular weight is 321 g/mol. The van der Waals surface area contributed by atoms with Gasteiger partial charge >= 0.3 is 0 Å². The number of ether oxygens (including phenoxy) is 2. The van der Waals surface area contributed by atoms with Gasteiger partial charge in [0.15, 0.2) is 0 Å². The van der Waals surface area contributed by atoms with Gasteiger partial charge < -0.3 is 14.6 Å². The van der Waals surface area contributed by atoms with Crippen molar-refractivity contribution in [3.63, 3.8) is 0 Å². The lowest BCUT2D eigenvalue weighted by Crippen LogP contribution is -2.32. The SMILES string of the molecule is COCCN(CCOC)CCC(O)c1cc2cn[nH]c2cc1C. The number of nitrogens with zero attached hydrogens (tertiary/aromatic N) is 2. The first-order chi connectivity index (χ1) is 11.2. The molecule has 0 saturated heterocycles. The number of aromatic amines is 1. The predicted molar refractivity (Wildman–Crippen MR) is 90.6 cm³/mol. The van der Waals surface area contributed by atoms with Crippen molar-refractivity contribution in [1.29, 1.82) is 0 Å². The summed E-state index contributed by atoms with van der Waals surface area (Å²) in [4.78, 5) is 2.25. The van der Waals surface area contributed by atoms with Crippen LogP contribution in [0.1, 0.15) is 23.7 Å². The summed E-state index contributed by atoms with van der Waals surface area (Å²) in [6, 6.07) is 4.06. The zero-order valence-electron chi connectivity index (χ0n) is 14.2. The molecule has 0 radical (unpaired) electrons. The molecule has 23 heavy (non-hydrogen) atoms. The van der Waals surface area contributed by atoms with Crippen molar-refractivity contribution in [3.05, 3.63) is 29.5 Å². The van der Waals surface area contributed by atoms with Gasteiger partial charge in [-0.1, -0.05) is 0 Å². The van der Waals surface area contributed by atoms with Gasteiger partial charge in [-0.2, -0.15) is 5.10 Å². The van der Waals surface area contributed by atoms with Gasteiger partial charge in [0.25, 0.3) is 0 Å². The number of hydrogen-bond acceptors (Lipinski definition) is 5. The molecule has 0 bridgehead atoms. The van der Waals surface area contributed by atoms with Gasteiger partial charge in [0.05, 0.1) is 31.0 Å². The van der Waals surface area contributed by atoms with E-state index >= 15 is 0 Å². The minimum Gasteiger partial charge on any atom is -0.388 e. The van der Waals surface area contributed by atoms with Gasteiger partial charge in [0.1, 0.15) is 0 Å². The van der Waals surface area contributed by atoms with E-state index in [1.807, 2.05) is 19.1 Å². The minimum absolute atomic E-state index is 0.484. The monoisotopic (exact) mass is 321 g/mol. The van der Waals surface area contributed by atoms with Gasteiger partial charge in [0, 0.05) is 39.2 Å². The second-order valence-corrected chi connectivity index (χ2v) is 5.80. The first-order valence-electron chi connectivity index (χ1n) is 7.97. The van der Waals surface area contributed by atoms with Gasteiger partial charge in [-0.25, -0.2) is 0 Å². The Kier molecular flexibility index (Phi) is 6.98. The largest absolute Gasteiger partial charge is 0.388 e. The van der Waals surface area contributed by atoms with E-state index in [9.17, 15) is 5.11 Å². The number of H-pyrrole nitrogens is 1. The number of hydrogen-bond donors (Lipinski definition) is 2. The standard InChI is InChI=1S/C17H27N3O3/c1-13-10-16-14(12-18-19-16)11-15(13)17(21)4-5-20(6-8-22-2)7-9-23-3/h10-12,17,21H,4-9H2,1-3H3,(H,18,19). The maximum absolute atomic E-state index is 10.6. The third-order valence-electron chi connectivity index (χ3n) is 4.13. The molecule has 0 amide bonds. The molecule has 0 saturated carbocycles. The fraction of sp³-hybridized carbons (Fsp3) is 0.588. The average Bonchev–Trinajstić information content (AvgIpc) is 3.00. The van der Waals surface area contributed by atoms with Crippen LogP contribution in [0.15, 0.2) is 18.3 Å². The summed E-state index contributed by atoms with van der Waals surface area (Å²) in [6.45, 7) is 5.86. The molecule has 6 nitrogen and oxygen atoms in total. The van der Waals surface area contributed by atoms with Crippen molar-refractivity contribution in [3.8, 4) is 0 Å². The first-order valence-corrected chi connectivity index (χ1v) is 7.97. The molecule has 1 unspecified atom stereocenters. The predicted octanol–water partition coefficient (Wildman–Crippen LogP) is 1.89. The van der Waals surface area contributed by atoms with Gasteiger partial charge in [-0.05, 0) is 36.6 Å². The molecule has 6 heteroatoms. The number of rotatable bonds is 10. The van der Waals surface area contributed by atoms with Crippen molar-refractivity contribution < 1.29 is 14.6 Å². The molecule has 0 spiro atoms. The van der Waals surface area contributed by atoms with E-state index in [4.69, 9.17) is 9.47 Å². The van der Waals surface area contributed by atoms with Crippen LogP contribution in [0, 0.1) is 6.92 Å². The maximum Gasteiger partial charge on any atom is 0.0805 e. The minimum atomic E-state index is -0.484. The zero-order chi connectivity index (χ0) is 16.7. The van der Waals surface area contributed by atoms with Crippen LogP contribution in [0.5, 0.6) is 0 Å². The lowest BCUT2D eigenvalue weighted by Gasteiger charge is -2.23. The fourth-order valence-corrected chi connectivity index (χ4v) is 2.71. The number of methoxy groups -OCH3 is 2. The Balaban J connectivity index is 1.97. The highest BCUT2D eigenvalue weighted by Gasteiger charge is 2.14. The van der Waals surface area contributed by atoms with Crippen molar-refractivity contribution >= 4 is 10.9 Å². The second kappa shape index (κ2) is 8.98. The highest BCUT2D eigenvalue weighted by molar-refractivity contribution is 5.79. The van der Waals surface area contributed by atoms with Crippen molar-refractivity contribution in [1.82, 2.24) is 15.1 Å².